The fourth-order valence-corrected chi connectivity index (χ4v) is 3.91. The van der Waals surface area contributed by atoms with Crippen LogP contribution in [0, 0.1) is 0 Å². The van der Waals surface area contributed by atoms with Crippen LogP contribution in [0.15, 0.2) is 41.3 Å². The van der Waals surface area contributed by atoms with E-state index in [2.05, 4.69) is 14.8 Å². The molecule has 0 unspecified atom stereocenters. The van der Waals surface area contributed by atoms with Crippen molar-refractivity contribution >= 4 is 21.6 Å². The van der Waals surface area contributed by atoms with Crippen LogP contribution in [0.25, 0.3) is 0 Å². The molecule has 0 aliphatic carbocycles. The molecule has 0 fully saturated rings. The summed E-state index contributed by atoms with van der Waals surface area (Å²) in [5, 5.41) is 2.49. The molecule has 1 aliphatic rings. The van der Waals surface area contributed by atoms with E-state index in [1.54, 1.807) is 0 Å². The second kappa shape index (κ2) is 10.5. The second-order valence-corrected chi connectivity index (χ2v) is 8.37. The maximum Gasteiger partial charge on any atom is 0.387 e. The lowest BCUT2D eigenvalue weighted by atomic mass is 10.2. The minimum absolute atomic E-state index is 0.0221. The number of benzene rings is 2. The first kappa shape index (κ1) is 23.5. The van der Waals surface area contributed by atoms with Crippen LogP contribution in [0.2, 0.25) is 0 Å². The molecule has 0 aromatic heterocycles. The van der Waals surface area contributed by atoms with Crippen molar-refractivity contribution in [2.75, 3.05) is 32.2 Å². The van der Waals surface area contributed by atoms with Crippen molar-refractivity contribution in [1.29, 1.82) is 0 Å². The Labute approximate surface area is 183 Å². The van der Waals surface area contributed by atoms with Crippen LogP contribution in [0.5, 0.6) is 23.0 Å². The van der Waals surface area contributed by atoms with E-state index in [-0.39, 0.29) is 35.0 Å². The average molecular weight is 472 g/mol. The quantitative estimate of drug-likeness (QED) is 0.577. The van der Waals surface area contributed by atoms with Gasteiger partial charge >= 0.3 is 6.61 Å². The van der Waals surface area contributed by atoms with Gasteiger partial charge in [0.25, 0.3) is 0 Å². The number of hydrogen-bond donors (Lipinski definition) is 2. The molecular formula is C20H22F2N2O7S. The number of amides is 1. The summed E-state index contributed by atoms with van der Waals surface area (Å²) in [6, 6.07) is 8.26. The summed E-state index contributed by atoms with van der Waals surface area (Å²) in [6.45, 7) is -2.34. The van der Waals surface area contributed by atoms with Crippen LogP contribution >= 0.6 is 0 Å². The average Bonchev–Trinajstić information content (AvgIpc) is 2.98. The number of sulfonamides is 1. The van der Waals surface area contributed by atoms with Crippen molar-refractivity contribution in [3.63, 3.8) is 0 Å². The SMILES string of the molecule is COc1ccc(NC(=O)CCNS(=O)(=O)c2ccc3c(c2)OCCCO3)cc1OC(F)F. The molecule has 2 aromatic carbocycles. The zero-order chi connectivity index (χ0) is 23.1. The zero-order valence-corrected chi connectivity index (χ0v) is 17.9. The molecule has 32 heavy (non-hydrogen) atoms. The molecule has 3 rings (SSSR count). The number of methoxy groups -OCH3 is 1. The Morgan fingerprint density at radius 3 is 2.56 bits per heavy atom. The molecule has 0 saturated heterocycles. The summed E-state index contributed by atoms with van der Waals surface area (Å²) in [7, 11) is -2.60. The van der Waals surface area contributed by atoms with Crippen LogP contribution in [-0.4, -0.2) is 47.8 Å². The lowest BCUT2D eigenvalue weighted by Crippen LogP contribution is -2.27. The first-order valence-corrected chi connectivity index (χ1v) is 11.1. The maximum absolute atomic E-state index is 12.5. The highest BCUT2D eigenvalue weighted by Gasteiger charge is 2.19. The molecular weight excluding hydrogens is 450 g/mol. The van der Waals surface area contributed by atoms with Gasteiger partial charge < -0.3 is 24.3 Å². The van der Waals surface area contributed by atoms with Gasteiger partial charge in [0.15, 0.2) is 23.0 Å². The summed E-state index contributed by atoms with van der Waals surface area (Å²) in [5.74, 6) is 0.112. The lowest BCUT2D eigenvalue weighted by Gasteiger charge is -2.13. The van der Waals surface area contributed by atoms with Crippen LogP contribution in [0.1, 0.15) is 12.8 Å². The molecule has 0 radical (unpaired) electrons. The number of rotatable bonds is 9. The van der Waals surface area contributed by atoms with Gasteiger partial charge in [0.05, 0.1) is 25.2 Å². The van der Waals surface area contributed by atoms with Crippen LogP contribution in [0.4, 0.5) is 14.5 Å². The van der Waals surface area contributed by atoms with Gasteiger partial charge in [0.1, 0.15) is 0 Å². The normalized spacial score (nSPS) is 13.4. The van der Waals surface area contributed by atoms with E-state index in [1.807, 2.05) is 0 Å². The van der Waals surface area contributed by atoms with E-state index in [0.29, 0.717) is 31.1 Å². The predicted octanol–water partition coefficient (Wildman–Crippen LogP) is 2.77. The number of nitrogens with one attached hydrogen (secondary N) is 2. The van der Waals surface area contributed by atoms with Gasteiger partial charge in [-0.2, -0.15) is 8.78 Å². The predicted molar refractivity (Wildman–Crippen MR) is 110 cm³/mol. The van der Waals surface area contributed by atoms with Crippen molar-refractivity contribution in [1.82, 2.24) is 4.72 Å². The number of fused-ring (bicyclic) bond motifs is 1. The van der Waals surface area contributed by atoms with E-state index < -0.39 is 22.5 Å². The molecule has 0 atom stereocenters. The number of ether oxygens (including phenoxy) is 4. The van der Waals surface area contributed by atoms with Crippen LogP contribution in [0.3, 0.4) is 0 Å². The van der Waals surface area contributed by atoms with Gasteiger partial charge in [0, 0.05) is 37.2 Å². The topological polar surface area (TPSA) is 112 Å². The largest absolute Gasteiger partial charge is 0.493 e. The van der Waals surface area contributed by atoms with Crippen molar-refractivity contribution in [3.8, 4) is 23.0 Å². The molecule has 0 bridgehead atoms. The number of anilines is 1. The summed E-state index contributed by atoms with van der Waals surface area (Å²) in [6.07, 6.45) is 0.495. The molecule has 0 spiro atoms. The number of carbonyl (C=O) groups is 1. The monoisotopic (exact) mass is 472 g/mol. The van der Waals surface area contributed by atoms with Crippen molar-refractivity contribution in [2.45, 2.75) is 24.3 Å². The van der Waals surface area contributed by atoms with E-state index >= 15 is 0 Å². The second-order valence-electron chi connectivity index (χ2n) is 6.60. The highest BCUT2D eigenvalue weighted by atomic mass is 32.2. The third-order valence-corrected chi connectivity index (χ3v) is 5.80. The fraction of sp³-hybridized carbons (Fsp3) is 0.350. The number of carbonyl (C=O) groups excluding carboxylic acids is 1. The summed E-state index contributed by atoms with van der Waals surface area (Å²) >= 11 is 0. The highest BCUT2D eigenvalue weighted by Crippen LogP contribution is 2.32. The fourth-order valence-electron chi connectivity index (χ4n) is 2.86. The Kier molecular flexibility index (Phi) is 7.70. The molecule has 1 aliphatic heterocycles. The Bertz CT molecular complexity index is 1060. The first-order valence-electron chi connectivity index (χ1n) is 9.60. The summed E-state index contributed by atoms with van der Waals surface area (Å²) in [5.41, 5.74) is 0.192. The van der Waals surface area contributed by atoms with Crippen molar-refractivity contribution < 1.29 is 40.9 Å². The van der Waals surface area contributed by atoms with Gasteiger partial charge in [-0.1, -0.05) is 0 Å². The lowest BCUT2D eigenvalue weighted by molar-refractivity contribution is -0.116. The minimum atomic E-state index is -3.89. The maximum atomic E-state index is 12.5. The molecule has 9 nitrogen and oxygen atoms in total. The Balaban J connectivity index is 1.57. The van der Waals surface area contributed by atoms with Crippen molar-refractivity contribution in [2.24, 2.45) is 0 Å². The molecule has 1 heterocycles. The standard InChI is InChI=1S/C20H22F2N2O7S/c1-28-15-5-3-13(11-18(15)31-20(21)22)24-19(25)7-8-23-32(26,27)14-4-6-16-17(12-14)30-10-2-9-29-16/h3-6,11-12,20,23H,2,7-10H2,1H3,(H,24,25). The zero-order valence-electron chi connectivity index (χ0n) is 17.1. The summed E-state index contributed by atoms with van der Waals surface area (Å²) in [4.78, 5) is 12.1. The molecule has 1 amide bonds. The van der Waals surface area contributed by atoms with Crippen LogP contribution in [-0.2, 0) is 14.8 Å². The highest BCUT2D eigenvalue weighted by molar-refractivity contribution is 7.89. The van der Waals surface area contributed by atoms with E-state index in [0.717, 1.165) is 0 Å². The van der Waals surface area contributed by atoms with Gasteiger partial charge in [0.2, 0.25) is 15.9 Å². The first-order chi connectivity index (χ1) is 15.3. The molecule has 2 N–H and O–H groups in total. The third kappa shape index (κ3) is 6.20. The van der Waals surface area contributed by atoms with Gasteiger partial charge in [-0.25, -0.2) is 13.1 Å². The van der Waals surface area contributed by atoms with E-state index in [9.17, 15) is 22.0 Å². The van der Waals surface area contributed by atoms with Gasteiger partial charge in [-0.05, 0) is 24.3 Å². The Morgan fingerprint density at radius 1 is 1.09 bits per heavy atom. The van der Waals surface area contributed by atoms with Crippen LogP contribution < -0.4 is 29.0 Å². The van der Waals surface area contributed by atoms with E-state index in [4.69, 9.17) is 14.2 Å². The minimum Gasteiger partial charge on any atom is -0.493 e. The van der Waals surface area contributed by atoms with E-state index in [1.165, 1.54) is 43.5 Å². The molecule has 2 aromatic rings. The molecule has 12 heteroatoms. The number of alkyl halides is 2. The molecule has 174 valence electrons. The number of halogens is 2. The Morgan fingerprint density at radius 2 is 1.84 bits per heavy atom. The Hall–Kier alpha value is -3.12. The number of hydrogen-bond acceptors (Lipinski definition) is 7. The summed E-state index contributed by atoms with van der Waals surface area (Å²) < 4.78 is 72.7. The third-order valence-electron chi connectivity index (χ3n) is 4.34. The van der Waals surface area contributed by atoms with Crippen molar-refractivity contribution in [3.05, 3.63) is 36.4 Å². The molecule has 0 saturated carbocycles. The van der Waals surface area contributed by atoms with Gasteiger partial charge in [-0.15, -0.1) is 0 Å². The van der Waals surface area contributed by atoms with Gasteiger partial charge in [-0.3, -0.25) is 4.79 Å². The smallest absolute Gasteiger partial charge is 0.387 e.